The summed E-state index contributed by atoms with van der Waals surface area (Å²) in [5, 5.41) is 3.03. The molecule has 1 aliphatic rings. The smallest absolute Gasteiger partial charge is 0.233 e. The third kappa shape index (κ3) is 3.44. The summed E-state index contributed by atoms with van der Waals surface area (Å²) in [6, 6.07) is 0. The molecule has 4 heteroatoms. The van der Waals surface area contributed by atoms with Crippen molar-refractivity contribution in [2.75, 3.05) is 6.54 Å². The molecule has 0 atom stereocenters. The highest BCUT2D eigenvalue weighted by Crippen LogP contribution is 2.29. The summed E-state index contributed by atoms with van der Waals surface area (Å²) in [6.45, 7) is 4.70. The van der Waals surface area contributed by atoms with E-state index in [1.807, 2.05) is 13.8 Å². The maximum Gasteiger partial charge on any atom is 0.233 e. The van der Waals surface area contributed by atoms with Crippen molar-refractivity contribution in [2.45, 2.75) is 58.8 Å². The minimum absolute atomic E-state index is 0.0120. The number of carbonyl (C=O) groups is 1. The molecule has 1 aliphatic carbocycles. The molecule has 0 aliphatic heterocycles. The third-order valence-corrected chi connectivity index (χ3v) is 4.82. The SMILES string of the molecule is CCC(CC)(C(=O)NCCC1CCCC1)C(N)=S. The van der Waals surface area contributed by atoms with E-state index in [1.54, 1.807) is 0 Å². The highest BCUT2D eigenvalue weighted by Gasteiger charge is 2.37. The summed E-state index contributed by atoms with van der Waals surface area (Å²) in [7, 11) is 0. The van der Waals surface area contributed by atoms with E-state index in [9.17, 15) is 4.79 Å². The van der Waals surface area contributed by atoms with Crippen LogP contribution in [0.4, 0.5) is 0 Å². The largest absolute Gasteiger partial charge is 0.392 e. The van der Waals surface area contributed by atoms with E-state index in [1.165, 1.54) is 25.7 Å². The molecule has 3 nitrogen and oxygen atoms in total. The van der Waals surface area contributed by atoms with Gasteiger partial charge in [-0.1, -0.05) is 51.7 Å². The van der Waals surface area contributed by atoms with E-state index < -0.39 is 5.41 Å². The predicted molar refractivity (Wildman–Crippen MR) is 79.4 cm³/mol. The van der Waals surface area contributed by atoms with E-state index in [0.29, 0.717) is 17.8 Å². The normalized spacial score (nSPS) is 16.8. The van der Waals surface area contributed by atoms with Gasteiger partial charge >= 0.3 is 0 Å². The van der Waals surface area contributed by atoms with Gasteiger partial charge in [-0.25, -0.2) is 0 Å². The molecular weight excluding hydrogens is 244 g/mol. The van der Waals surface area contributed by atoms with Gasteiger partial charge in [-0.2, -0.15) is 0 Å². The van der Waals surface area contributed by atoms with Crippen molar-refractivity contribution in [1.29, 1.82) is 0 Å². The number of hydrogen-bond donors (Lipinski definition) is 2. The number of rotatable bonds is 7. The lowest BCUT2D eigenvalue weighted by Gasteiger charge is -2.29. The summed E-state index contributed by atoms with van der Waals surface area (Å²) >= 11 is 5.08. The second kappa shape index (κ2) is 7.07. The van der Waals surface area contributed by atoms with Gasteiger partial charge in [0.25, 0.3) is 0 Å². The molecule has 0 heterocycles. The van der Waals surface area contributed by atoms with Gasteiger partial charge in [0.05, 0.1) is 10.4 Å². The molecule has 0 aromatic carbocycles. The van der Waals surface area contributed by atoms with E-state index in [-0.39, 0.29) is 5.91 Å². The molecule has 0 unspecified atom stereocenters. The molecule has 3 N–H and O–H groups in total. The molecule has 0 spiro atoms. The first kappa shape index (κ1) is 15.4. The Morgan fingerprint density at radius 2 is 1.89 bits per heavy atom. The predicted octanol–water partition coefficient (Wildman–Crippen LogP) is 2.78. The Labute approximate surface area is 116 Å². The van der Waals surface area contributed by atoms with Crippen molar-refractivity contribution in [3.8, 4) is 0 Å². The van der Waals surface area contributed by atoms with Crippen LogP contribution in [0.5, 0.6) is 0 Å². The molecular formula is C14H26N2OS. The number of thiocarbonyl (C=S) groups is 1. The highest BCUT2D eigenvalue weighted by atomic mass is 32.1. The Morgan fingerprint density at radius 3 is 2.33 bits per heavy atom. The molecule has 18 heavy (non-hydrogen) atoms. The number of nitrogens with one attached hydrogen (secondary N) is 1. The van der Waals surface area contributed by atoms with E-state index >= 15 is 0 Å². The monoisotopic (exact) mass is 270 g/mol. The van der Waals surface area contributed by atoms with Gasteiger partial charge in [0.15, 0.2) is 0 Å². The van der Waals surface area contributed by atoms with Crippen molar-refractivity contribution in [3.63, 3.8) is 0 Å². The van der Waals surface area contributed by atoms with Crippen molar-refractivity contribution < 1.29 is 4.79 Å². The van der Waals surface area contributed by atoms with E-state index in [0.717, 1.165) is 18.9 Å². The van der Waals surface area contributed by atoms with Crippen LogP contribution in [0.15, 0.2) is 0 Å². The van der Waals surface area contributed by atoms with Crippen LogP contribution in [0.3, 0.4) is 0 Å². The van der Waals surface area contributed by atoms with Crippen molar-refractivity contribution in [3.05, 3.63) is 0 Å². The molecule has 1 fully saturated rings. The lowest BCUT2D eigenvalue weighted by molar-refractivity contribution is -0.127. The van der Waals surface area contributed by atoms with E-state index in [2.05, 4.69) is 5.32 Å². The van der Waals surface area contributed by atoms with Crippen molar-refractivity contribution in [2.24, 2.45) is 17.1 Å². The van der Waals surface area contributed by atoms with Gasteiger partial charge in [-0.05, 0) is 25.2 Å². The molecule has 0 aromatic rings. The minimum Gasteiger partial charge on any atom is -0.392 e. The second-order valence-corrected chi connectivity index (χ2v) is 5.79. The van der Waals surface area contributed by atoms with Crippen LogP contribution in [0.2, 0.25) is 0 Å². The van der Waals surface area contributed by atoms with Crippen LogP contribution in [0.1, 0.15) is 58.8 Å². The zero-order valence-electron chi connectivity index (χ0n) is 11.6. The molecule has 0 bridgehead atoms. The Bertz CT molecular complexity index is 294. The topological polar surface area (TPSA) is 55.1 Å². The number of carbonyl (C=O) groups excluding carboxylic acids is 1. The lowest BCUT2D eigenvalue weighted by atomic mass is 9.81. The summed E-state index contributed by atoms with van der Waals surface area (Å²) in [5.41, 5.74) is 5.11. The number of nitrogens with two attached hydrogens (primary N) is 1. The lowest BCUT2D eigenvalue weighted by Crippen LogP contribution is -2.48. The molecule has 1 saturated carbocycles. The molecule has 1 rings (SSSR count). The van der Waals surface area contributed by atoms with Crippen LogP contribution in [0, 0.1) is 11.3 Å². The zero-order chi connectivity index (χ0) is 13.6. The van der Waals surface area contributed by atoms with Crippen LogP contribution in [0.25, 0.3) is 0 Å². The standard InChI is InChI=1S/C14H26N2OS/c1-3-14(4-2,12(15)18)13(17)16-10-9-11-7-5-6-8-11/h11H,3-10H2,1-2H3,(H2,15,18)(H,16,17). The van der Waals surface area contributed by atoms with Gasteiger partial charge < -0.3 is 11.1 Å². The van der Waals surface area contributed by atoms with Crippen LogP contribution >= 0.6 is 12.2 Å². The average molecular weight is 270 g/mol. The Balaban J connectivity index is 2.44. The van der Waals surface area contributed by atoms with Gasteiger partial charge in [0.2, 0.25) is 5.91 Å². The number of amides is 1. The highest BCUT2D eigenvalue weighted by molar-refractivity contribution is 7.80. The maximum absolute atomic E-state index is 12.3. The van der Waals surface area contributed by atoms with Gasteiger partial charge in [-0.3, -0.25) is 4.79 Å². The van der Waals surface area contributed by atoms with Crippen LogP contribution in [-0.4, -0.2) is 17.4 Å². The maximum atomic E-state index is 12.3. The van der Waals surface area contributed by atoms with Crippen LogP contribution < -0.4 is 11.1 Å². The van der Waals surface area contributed by atoms with E-state index in [4.69, 9.17) is 18.0 Å². The Kier molecular flexibility index (Phi) is 6.06. The summed E-state index contributed by atoms with van der Waals surface area (Å²) < 4.78 is 0. The Hall–Kier alpha value is -0.640. The fourth-order valence-electron chi connectivity index (χ4n) is 2.89. The first-order chi connectivity index (χ1) is 8.56. The van der Waals surface area contributed by atoms with Crippen molar-refractivity contribution >= 4 is 23.1 Å². The fourth-order valence-corrected chi connectivity index (χ4v) is 3.27. The van der Waals surface area contributed by atoms with Crippen LogP contribution in [-0.2, 0) is 4.79 Å². The van der Waals surface area contributed by atoms with Gasteiger partial charge in [0.1, 0.15) is 0 Å². The summed E-state index contributed by atoms with van der Waals surface area (Å²) in [6.07, 6.45) is 7.77. The molecule has 104 valence electrons. The number of hydrogen-bond acceptors (Lipinski definition) is 2. The first-order valence-corrected chi connectivity index (χ1v) is 7.55. The van der Waals surface area contributed by atoms with Gasteiger partial charge in [0, 0.05) is 6.54 Å². The first-order valence-electron chi connectivity index (χ1n) is 7.15. The quantitative estimate of drug-likeness (QED) is 0.699. The minimum atomic E-state index is -0.648. The second-order valence-electron chi connectivity index (χ2n) is 5.35. The van der Waals surface area contributed by atoms with Crippen molar-refractivity contribution in [1.82, 2.24) is 5.32 Å². The Morgan fingerprint density at radius 1 is 1.33 bits per heavy atom. The molecule has 0 saturated heterocycles. The molecule has 1 amide bonds. The molecule has 0 aromatic heterocycles. The summed E-state index contributed by atoms with van der Waals surface area (Å²) in [4.78, 5) is 12.6. The third-order valence-electron chi connectivity index (χ3n) is 4.43. The van der Waals surface area contributed by atoms with Gasteiger partial charge in [-0.15, -0.1) is 0 Å². The molecule has 0 radical (unpaired) electrons. The summed E-state index contributed by atoms with van der Waals surface area (Å²) in [5.74, 6) is 0.811. The fraction of sp³-hybridized carbons (Fsp3) is 0.857. The average Bonchev–Trinajstić information content (AvgIpc) is 2.84. The zero-order valence-corrected chi connectivity index (χ0v) is 12.4.